The molecule has 0 amide bonds. The molecule has 0 saturated heterocycles. The fourth-order valence-corrected chi connectivity index (χ4v) is 2.40. The van der Waals surface area contributed by atoms with E-state index < -0.39 is 17.5 Å². The van der Waals surface area contributed by atoms with Gasteiger partial charge in [-0.1, -0.05) is 6.92 Å². The highest BCUT2D eigenvalue weighted by atomic mass is 19.2. The fourth-order valence-electron chi connectivity index (χ4n) is 2.40. The summed E-state index contributed by atoms with van der Waals surface area (Å²) < 4.78 is 41.0. The minimum absolute atomic E-state index is 0.0823. The van der Waals surface area contributed by atoms with Gasteiger partial charge in [0.2, 0.25) is 0 Å². The van der Waals surface area contributed by atoms with Gasteiger partial charge in [-0.3, -0.25) is 0 Å². The van der Waals surface area contributed by atoms with Crippen LogP contribution in [0, 0.1) is 31.3 Å². The van der Waals surface area contributed by atoms with Crippen molar-refractivity contribution < 1.29 is 13.2 Å². The van der Waals surface area contributed by atoms with E-state index in [2.05, 4.69) is 5.10 Å². The molecule has 0 bridgehead atoms. The summed E-state index contributed by atoms with van der Waals surface area (Å²) in [5.41, 5.74) is 8.23. The Labute approximate surface area is 115 Å². The van der Waals surface area contributed by atoms with Crippen molar-refractivity contribution in [3.63, 3.8) is 0 Å². The molecule has 2 aromatic rings. The molecule has 0 saturated carbocycles. The number of aryl methyl sites for hydroxylation is 1. The van der Waals surface area contributed by atoms with Gasteiger partial charge in [0, 0.05) is 23.4 Å². The molecule has 0 aliphatic carbocycles. The molecule has 1 atom stereocenters. The van der Waals surface area contributed by atoms with Crippen molar-refractivity contribution in [2.24, 2.45) is 5.73 Å². The molecule has 1 aromatic carbocycles. The number of halogens is 3. The summed E-state index contributed by atoms with van der Waals surface area (Å²) in [6.45, 7) is 5.99. The molecule has 108 valence electrons. The Kier molecular flexibility index (Phi) is 3.85. The molecule has 0 fully saturated rings. The molecule has 6 heteroatoms. The first-order valence-corrected chi connectivity index (χ1v) is 6.27. The van der Waals surface area contributed by atoms with Crippen molar-refractivity contribution in [2.45, 2.75) is 26.7 Å². The molecule has 1 unspecified atom stereocenters. The van der Waals surface area contributed by atoms with Crippen LogP contribution >= 0.6 is 0 Å². The molecule has 0 aliphatic heterocycles. The largest absolute Gasteiger partial charge is 0.330 e. The average Bonchev–Trinajstić information content (AvgIpc) is 2.70. The van der Waals surface area contributed by atoms with Gasteiger partial charge in [-0.05, 0) is 26.3 Å². The fraction of sp³-hybridized carbons (Fsp3) is 0.357. The summed E-state index contributed by atoms with van der Waals surface area (Å²) in [5, 5.41) is 4.27. The second kappa shape index (κ2) is 5.28. The zero-order chi connectivity index (χ0) is 15.0. The lowest BCUT2D eigenvalue weighted by molar-refractivity contribution is 0.446. The predicted molar refractivity (Wildman–Crippen MR) is 70.4 cm³/mol. The zero-order valence-electron chi connectivity index (χ0n) is 11.5. The topological polar surface area (TPSA) is 43.8 Å². The minimum Gasteiger partial charge on any atom is -0.330 e. The van der Waals surface area contributed by atoms with Crippen LogP contribution in [0.3, 0.4) is 0 Å². The Morgan fingerprint density at radius 2 is 1.75 bits per heavy atom. The van der Waals surface area contributed by atoms with Gasteiger partial charge in [0.1, 0.15) is 0 Å². The molecule has 1 heterocycles. The van der Waals surface area contributed by atoms with Gasteiger partial charge in [0.05, 0.1) is 11.4 Å². The van der Waals surface area contributed by atoms with Gasteiger partial charge >= 0.3 is 0 Å². The monoisotopic (exact) mass is 283 g/mol. The van der Waals surface area contributed by atoms with Crippen LogP contribution in [-0.2, 0) is 0 Å². The lowest BCUT2D eigenvalue weighted by Crippen LogP contribution is -2.11. The van der Waals surface area contributed by atoms with Crippen LogP contribution < -0.4 is 5.73 Å². The summed E-state index contributed by atoms with van der Waals surface area (Å²) >= 11 is 0. The van der Waals surface area contributed by atoms with Crippen LogP contribution in [0.1, 0.15) is 29.8 Å². The highest BCUT2D eigenvalue weighted by Gasteiger charge is 2.19. The standard InChI is InChI=1S/C14H16F3N3/c1-7(6-18)13-8(2)19-20(9(13)3)10-4-11(15)14(17)12(16)5-10/h4-5,7H,6,18H2,1-3H3. The van der Waals surface area contributed by atoms with Crippen LogP contribution in [0.5, 0.6) is 0 Å². The van der Waals surface area contributed by atoms with Crippen molar-refractivity contribution in [1.29, 1.82) is 0 Å². The predicted octanol–water partition coefficient (Wildman–Crippen LogP) is 2.97. The Bertz CT molecular complexity index is 626. The molecule has 0 radical (unpaired) electrons. The second-order valence-corrected chi connectivity index (χ2v) is 4.86. The Morgan fingerprint density at radius 1 is 1.20 bits per heavy atom. The van der Waals surface area contributed by atoms with Crippen LogP contribution in [0.25, 0.3) is 5.69 Å². The maximum atomic E-state index is 13.3. The van der Waals surface area contributed by atoms with E-state index in [0.717, 1.165) is 29.1 Å². The van der Waals surface area contributed by atoms with Crippen LogP contribution in [0.4, 0.5) is 13.2 Å². The second-order valence-electron chi connectivity index (χ2n) is 4.86. The number of benzene rings is 1. The van der Waals surface area contributed by atoms with E-state index in [4.69, 9.17) is 5.73 Å². The first-order valence-electron chi connectivity index (χ1n) is 6.27. The van der Waals surface area contributed by atoms with Gasteiger partial charge in [0.15, 0.2) is 17.5 Å². The zero-order valence-corrected chi connectivity index (χ0v) is 11.5. The molecule has 20 heavy (non-hydrogen) atoms. The first kappa shape index (κ1) is 14.6. The van der Waals surface area contributed by atoms with Crippen molar-refractivity contribution in [3.8, 4) is 5.69 Å². The van der Waals surface area contributed by atoms with E-state index in [1.165, 1.54) is 4.68 Å². The summed E-state index contributed by atoms with van der Waals surface area (Å²) in [4.78, 5) is 0. The van der Waals surface area contributed by atoms with Gasteiger partial charge in [-0.2, -0.15) is 5.10 Å². The van der Waals surface area contributed by atoms with Crippen molar-refractivity contribution in [1.82, 2.24) is 9.78 Å². The smallest absolute Gasteiger partial charge is 0.194 e. The van der Waals surface area contributed by atoms with Crippen molar-refractivity contribution in [3.05, 3.63) is 46.5 Å². The summed E-state index contributed by atoms with van der Waals surface area (Å²) in [6.07, 6.45) is 0. The van der Waals surface area contributed by atoms with Gasteiger partial charge in [0.25, 0.3) is 0 Å². The number of hydrogen-bond donors (Lipinski definition) is 1. The summed E-state index contributed by atoms with van der Waals surface area (Å²) in [5.74, 6) is -3.87. The van der Waals surface area contributed by atoms with E-state index in [0.29, 0.717) is 6.54 Å². The Morgan fingerprint density at radius 3 is 2.25 bits per heavy atom. The summed E-state index contributed by atoms with van der Waals surface area (Å²) in [6, 6.07) is 1.85. The SMILES string of the molecule is Cc1nn(-c2cc(F)c(F)c(F)c2)c(C)c1C(C)CN. The maximum absolute atomic E-state index is 13.3. The van der Waals surface area contributed by atoms with E-state index in [1.54, 1.807) is 13.8 Å². The van der Waals surface area contributed by atoms with Crippen molar-refractivity contribution >= 4 is 0 Å². The van der Waals surface area contributed by atoms with Gasteiger partial charge < -0.3 is 5.73 Å². The number of nitrogens with two attached hydrogens (primary N) is 1. The summed E-state index contributed by atoms with van der Waals surface area (Å²) in [7, 11) is 0. The molecular weight excluding hydrogens is 267 g/mol. The van der Waals surface area contributed by atoms with E-state index in [1.807, 2.05) is 6.92 Å². The molecule has 2 N–H and O–H groups in total. The number of nitrogens with zero attached hydrogens (tertiary/aromatic N) is 2. The van der Waals surface area contributed by atoms with Gasteiger partial charge in [-0.15, -0.1) is 0 Å². The average molecular weight is 283 g/mol. The molecular formula is C14H16F3N3. The van der Waals surface area contributed by atoms with E-state index >= 15 is 0 Å². The lowest BCUT2D eigenvalue weighted by Gasteiger charge is -2.10. The third-order valence-corrected chi connectivity index (χ3v) is 3.41. The maximum Gasteiger partial charge on any atom is 0.194 e. The first-order chi connectivity index (χ1) is 9.36. The quantitative estimate of drug-likeness (QED) is 0.880. The molecule has 1 aromatic heterocycles. The van der Waals surface area contributed by atoms with E-state index in [9.17, 15) is 13.2 Å². The van der Waals surface area contributed by atoms with Crippen LogP contribution in [0.15, 0.2) is 12.1 Å². The highest BCUT2D eigenvalue weighted by molar-refractivity contribution is 5.39. The van der Waals surface area contributed by atoms with Gasteiger partial charge in [-0.25, -0.2) is 17.9 Å². The Balaban J connectivity index is 2.60. The molecule has 2 rings (SSSR count). The lowest BCUT2D eigenvalue weighted by atomic mass is 9.99. The molecule has 0 spiro atoms. The van der Waals surface area contributed by atoms with E-state index in [-0.39, 0.29) is 11.6 Å². The number of rotatable bonds is 3. The normalized spacial score (nSPS) is 12.8. The van der Waals surface area contributed by atoms with Crippen LogP contribution in [-0.4, -0.2) is 16.3 Å². The number of aromatic nitrogens is 2. The third kappa shape index (κ3) is 2.31. The molecule has 0 aliphatic rings. The van der Waals surface area contributed by atoms with Crippen LogP contribution in [0.2, 0.25) is 0 Å². The number of hydrogen-bond acceptors (Lipinski definition) is 2. The third-order valence-electron chi connectivity index (χ3n) is 3.41. The molecule has 3 nitrogen and oxygen atoms in total. The highest BCUT2D eigenvalue weighted by Crippen LogP contribution is 2.26. The minimum atomic E-state index is -1.48. The van der Waals surface area contributed by atoms with Crippen molar-refractivity contribution in [2.75, 3.05) is 6.54 Å². The Hall–Kier alpha value is -1.82.